The zero-order valence-electron chi connectivity index (χ0n) is 14.3. The van der Waals surface area contributed by atoms with Gasteiger partial charge in [-0.1, -0.05) is 0 Å². The second-order valence-electron chi connectivity index (χ2n) is 6.85. The van der Waals surface area contributed by atoms with Gasteiger partial charge in [0.1, 0.15) is 17.8 Å². The van der Waals surface area contributed by atoms with Crippen LogP contribution in [0.3, 0.4) is 0 Å². The summed E-state index contributed by atoms with van der Waals surface area (Å²) in [6, 6.07) is 0.215. The summed E-state index contributed by atoms with van der Waals surface area (Å²) < 4.78 is 11.0. The summed E-state index contributed by atoms with van der Waals surface area (Å²) >= 11 is 0. The van der Waals surface area contributed by atoms with Crippen LogP contribution in [0.5, 0.6) is 0 Å². The molecule has 1 amide bonds. The zero-order chi connectivity index (χ0) is 16.9. The molecular formula is C15H27N5O3. The van der Waals surface area contributed by atoms with E-state index in [-0.39, 0.29) is 18.2 Å². The van der Waals surface area contributed by atoms with E-state index in [4.69, 9.17) is 9.47 Å². The Hall–Kier alpha value is -1.67. The van der Waals surface area contributed by atoms with Crippen LogP contribution in [-0.4, -0.2) is 63.6 Å². The minimum absolute atomic E-state index is 0.0100. The minimum atomic E-state index is -0.490. The molecule has 0 saturated carbocycles. The van der Waals surface area contributed by atoms with Gasteiger partial charge < -0.3 is 19.7 Å². The van der Waals surface area contributed by atoms with Crippen molar-refractivity contribution in [3.05, 3.63) is 12.2 Å². The van der Waals surface area contributed by atoms with E-state index in [1.54, 1.807) is 4.90 Å². The summed E-state index contributed by atoms with van der Waals surface area (Å²) in [6.45, 7) is 9.98. The monoisotopic (exact) mass is 325 g/mol. The summed E-state index contributed by atoms with van der Waals surface area (Å²) in [5.74, 6) is 0.792. The first-order valence-corrected chi connectivity index (χ1v) is 8.00. The number of amides is 1. The predicted octanol–water partition coefficient (Wildman–Crippen LogP) is 1.31. The molecule has 23 heavy (non-hydrogen) atoms. The SMILES string of the molecule is CC(CC1COCCN1C(=O)OC(C)(C)C)NCc1ncn[nH]1. The number of carbonyl (C=O) groups excluding carboxylic acids is 1. The fourth-order valence-electron chi connectivity index (χ4n) is 2.49. The van der Waals surface area contributed by atoms with Crippen LogP contribution in [0.1, 0.15) is 39.9 Å². The first-order chi connectivity index (χ1) is 10.8. The number of rotatable bonds is 5. The van der Waals surface area contributed by atoms with Gasteiger partial charge >= 0.3 is 6.09 Å². The summed E-state index contributed by atoms with van der Waals surface area (Å²) in [7, 11) is 0. The quantitative estimate of drug-likeness (QED) is 0.848. The maximum Gasteiger partial charge on any atom is 0.410 e. The van der Waals surface area contributed by atoms with Gasteiger partial charge in [-0.05, 0) is 34.1 Å². The molecule has 1 aromatic heterocycles. The van der Waals surface area contributed by atoms with Gasteiger partial charge in [0, 0.05) is 12.6 Å². The molecule has 0 aromatic carbocycles. The Balaban J connectivity index is 1.86. The molecule has 1 aliphatic heterocycles. The highest BCUT2D eigenvalue weighted by molar-refractivity contribution is 5.68. The molecule has 2 atom stereocenters. The maximum absolute atomic E-state index is 12.4. The van der Waals surface area contributed by atoms with Gasteiger partial charge in [-0.15, -0.1) is 0 Å². The maximum atomic E-state index is 12.4. The number of nitrogens with one attached hydrogen (secondary N) is 2. The lowest BCUT2D eigenvalue weighted by atomic mass is 10.1. The number of aromatic amines is 1. The number of morpholine rings is 1. The van der Waals surface area contributed by atoms with Gasteiger partial charge in [0.15, 0.2) is 0 Å². The highest BCUT2D eigenvalue weighted by Gasteiger charge is 2.31. The van der Waals surface area contributed by atoms with Crippen molar-refractivity contribution >= 4 is 6.09 Å². The van der Waals surface area contributed by atoms with Crippen LogP contribution in [0.2, 0.25) is 0 Å². The Morgan fingerprint density at radius 1 is 1.61 bits per heavy atom. The Bertz CT molecular complexity index is 486. The van der Waals surface area contributed by atoms with Gasteiger partial charge in [0.2, 0.25) is 0 Å². The van der Waals surface area contributed by atoms with E-state index in [0.717, 1.165) is 12.2 Å². The molecule has 2 unspecified atom stereocenters. The molecule has 0 radical (unpaired) electrons. The Morgan fingerprint density at radius 3 is 3.04 bits per heavy atom. The van der Waals surface area contributed by atoms with E-state index in [2.05, 4.69) is 27.4 Å². The molecule has 2 rings (SSSR count). The molecule has 130 valence electrons. The summed E-state index contributed by atoms with van der Waals surface area (Å²) in [5, 5.41) is 10.0. The number of nitrogens with zero attached hydrogens (tertiary/aromatic N) is 3. The molecule has 2 N–H and O–H groups in total. The van der Waals surface area contributed by atoms with Gasteiger partial charge in [0.25, 0.3) is 0 Å². The van der Waals surface area contributed by atoms with Crippen LogP contribution in [0.4, 0.5) is 4.79 Å². The van der Waals surface area contributed by atoms with Crippen molar-refractivity contribution in [1.82, 2.24) is 25.4 Å². The Kier molecular flexibility index (Phi) is 5.95. The molecule has 1 saturated heterocycles. The van der Waals surface area contributed by atoms with E-state index in [1.807, 2.05) is 20.8 Å². The number of ether oxygens (including phenoxy) is 2. The van der Waals surface area contributed by atoms with Crippen LogP contribution in [0, 0.1) is 0 Å². The average Bonchev–Trinajstić information content (AvgIpc) is 2.97. The number of H-pyrrole nitrogens is 1. The van der Waals surface area contributed by atoms with Crippen molar-refractivity contribution in [1.29, 1.82) is 0 Å². The first-order valence-electron chi connectivity index (χ1n) is 8.00. The fourth-order valence-corrected chi connectivity index (χ4v) is 2.49. The van der Waals surface area contributed by atoms with Crippen LogP contribution in [0.15, 0.2) is 6.33 Å². The van der Waals surface area contributed by atoms with E-state index in [9.17, 15) is 4.79 Å². The topological polar surface area (TPSA) is 92.4 Å². The van der Waals surface area contributed by atoms with E-state index in [1.165, 1.54) is 6.33 Å². The van der Waals surface area contributed by atoms with Crippen molar-refractivity contribution in [2.45, 2.75) is 58.3 Å². The number of carbonyl (C=O) groups is 1. The molecule has 0 bridgehead atoms. The predicted molar refractivity (Wildman–Crippen MR) is 84.8 cm³/mol. The average molecular weight is 325 g/mol. The van der Waals surface area contributed by atoms with Crippen molar-refractivity contribution in [3.8, 4) is 0 Å². The van der Waals surface area contributed by atoms with Crippen LogP contribution in [-0.2, 0) is 16.0 Å². The molecule has 1 fully saturated rings. The van der Waals surface area contributed by atoms with Gasteiger partial charge in [0.05, 0.1) is 25.8 Å². The Labute approximate surface area is 136 Å². The van der Waals surface area contributed by atoms with Crippen LogP contribution < -0.4 is 5.32 Å². The van der Waals surface area contributed by atoms with Crippen molar-refractivity contribution in [2.24, 2.45) is 0 Å². The molecule has 0 aliphatic carbocycles. The van der Waals surface area contributed by atoms with Crippen LogP contribution >= 0.6 is 0 Å². The third-order valence-electron chi connectivity index (χ3n) is 3.56. The molecule has 8 nitrogen and oxygen atoms in total. The molecule has 2 heterocycles. The number of aromatic nitrogens is 3. The molecule has 8 heteroatoms. The van der Waals surface area contributed by atoms with Crippen molar-refractivity contribution in [3.63, 3.8) is 0 Å². The molecular weight excluding hydrogens is 298 g/mol. The summed E-state index contributed by atoms with van der Waals surface area (Å²) in [6.07, 6.45) is 2.00. The fraction of sp³-hybridized carbons (Fsp3) is 0.800. The van der Waals surface area contributed by atoms with Gasteiger partial charge in [-0.3, -0.25) is 5.10 Å². The molecule has 1 aliphatic rings. The van der Waals surface area contributed by atoms with Crippen molar-refractivity contribution in [2.75, 3.05) is 19.8 Å². The molecule has 1 aromatic rings. The summed E-state index contributed by atoms with van der Waals surface area (Å²) in [5.41, 5.74) is -0.490. The zero-order valence-corrected chi connectivity index (χ0v) is 14.3. The largest absolute Gasteiger partial charge is 0.444 e. The third-order valence-corrected chi connectivity index (χ3v) is 3.56. The highest BCUT2D eigenvalue weighted by Crippen LogP contribution is 2.17. The normalized spacial score (nSPS) is 20.3. The lowest BCUT2D eigenvalue weighted by Gasteiger charge is -2.37. The first kappa shape index (κ1) is 17.7. The minimum Gasteiger partial charge on any atom is -0.444 e. The third kappa shape index (κ3) is 5.80. The summed E-state index contributed by atoms with van der Waals surface area (Å²) in [4.78, 5) is 18.2. The highest BCUT2D eigenvalue weighted by atomic mass is 16.6. The number of hydrogen-bond donors (Lipinski definition) is 2. The second-order valence-corrected chi connectivity index (χ2v) is 6.85. The van der Waals surface area contributed by atoms with Gasteiger partial charge in [-0.2, -0.15) is 5.10 Å². The lowest BCUT2D eigenvalue weighted by molar-refractivity contribution is -0.0356. The smallest absolute Gasteiger partial charge is 0.410 e. The lowest BCUT2D eigenvalue weighted by Crippen LogP contribution is -2.52. The Morgan fingerprint density at radius 2 is 2.39 bits per heavy atom. The number of hydrogen-bond acceptors (Lipinski definition) is 6. The van der Waals surface area contributed by atoms with Crippen molar-refractivity contribution < 1.29 is 14.3 Å². The van der Waals surface area contributed by atoms with E-state index >= 15 is 0 Å². The van der Waals surface area contributed by atoms with Crippen LogP contribution in [0.25, 0.3) is 0 Å². The van der Waals surface area contributed by atoms with E-state index in [0.29, 0.717) is 26.3 Å². The molecule has 0 spiro atoms. The second kappa shape index (κ2) is 7.74. The standard InChI is InChI=1S/C15H27N5O3/c1-11(16-8-13-17-10-18-19-13)7-12-9-22-6-5-20(12)14(21)23-15(2,3)4/h10-12,16H,5-9H2,1-4H3,(H,17,18,19). The van der Waals surface area contributed by atoms with Gasteiger partial charge in [-0.25, -0.2) is 9.78 Å². The van der Waals surface area contributed by atoms with E-state index < -0.39 is 5.60 Å².